The van der Waals surface area contributed by atoms with Gasteiger partial charge in [-0.3, -0.25) is 9.98 Å². The molecular weight excluding hydrogens is 324 g/mol. The lowest BCUT2D eigenvalue weighted by molar-refractivity contribution is 0.271. The predicted octanol–water partition coefficient (Wildman–Crippen LogP) is 2.16. The molecule has 0 aromatic rings. The van der Waals surface area contributed by atoms with E-state index in [1.165, 1.54) is 38.1 Å². The Morgan fingerprint density at radius 1 is 0.846 bits per heavy atom. The van der Waals surface area contributed by atoms with Gasteiger partial charge in [0.05, 0.1) is 0 Å². The lowest BCUT2D eigenvalue weighted by Gasteiger charge is -2.35. The molecule has 2 fully saturated rings. The number of aliphatic imine (C=N–C) groups is 2. The van der Waals surface area contributed by atoms with Crippen molar-refractivity contribution in [2.45, 2.75) is 32.1 Å². The molecule has 146 valence electrons. The molecule has 2 aliphatic heterocycles. The first-order chi connectivity index (χ1) is 12.5. The molecule has 0 aromatic heterocycles. The highest BCUT2D eigenvalue weighted by Crippen LogP contribution is 2.30. The summed E-state index contributed by atoms with van der Waals surface area (Å²) in [6.45, 7) is 5.13. The van der Waals surface area contributed by atoms with Crippen LogP contribution in [0.2, 0.25) is 0 Å². The van der Waals surface area contributed by atoms with Gasteiger partial charge in [0.15, 0.2) is 11.9 Å². The third-order valence-corrected chi connectivity index (χ3v) is 5.91. The van der Waals surface area contributed by atoms with Crippen molar-refractivity contribution in [3.63, 3.8) is 0 Å². The Morgan fingerprint density at radius 2 is 1.46 bits per heavy atom. The highest BCUT2D eigenvalue weighted by atomic mass is 15.4. The number of hydrogen-bond donors (Lipinski definition) is 0. The minimum Gasteiger partial charge on any atom is -0.346 e. The predicted molar refractivity (Wildman–Crippen MR) is 109 cm³/mol. The number of guanidine groups is 2. The molecule has 3 aliphatic rings. The summed E-state index contributed by atoms with van der Waals surface area (Å²) in [6, 6.07) is 0. The molecule has 2 atom stereocenters. The van der Waals surface area contributed by atoms with Crippen molar-refractivity contribution < 1.29 is 0 Å². The van der Waals surface area contributed by atoms with Crippen molar-refractivity contribution in [3.8, 4) is 0 Å². The molecule has 0 aromatic carbocycles. The van der Waals surface area contributed by atoms with Gasteiger partial charge in [-0.1, -0.05) is 6.42 Å². The third-order valence-electron chi connectivity index (χ3n) is 5.91. The Kier molecular flexibility index (Phi) is 6.43. The van der Waals surface area contributed by atoms with Crippen LogP contribution in [0.4, 0.5) is 0 Å². The molecule has 2 unspecified atom stereocenters. The van der Waals surface area contributed by atoms with E-state index in [-0.39, 0.29) is 0 Å². The van der Waals surface area contributed by atoms with Crippen LogP contribution in [0.25, 0.3) is 0 Å². The summed E-state index contributed by atoms with van der Waals surface area (Å²) >= 11 is 0. The largest absolute Gasteiger partial charge is 0.346 e. The van der Waals surface area contributed by atoms with Gasteiger partial charge in [0.25, 0.3) is 0 Å². The zero-order valence-electron chi connectivity index (χ0n) is 17.1. The fourth-order valence-corrected chi connectivity index (χ4v) is 4.45. The van der Waals surface area contributed by atoms with Crippen LogP contribution in [0, 0.1) is 11.8 Å². The van der Waals surface area contributed by atoms with Crippen LogP contribution in [-0.4, -0.2) is 92.4 Å². The van der Waals surface area contributed by atoms with E-state index in [0.717, 1.165) is 38.7 Å². The number of hydrogen-bond acceptors (Lipinski definition) is 2. The average molecular weight is 361 g/mol. The van der Waals surface area contributed by atoms with E-state index in [9.17, 15) is 0 Å². The second-order valence-electron chi connectivity index (χ2n) is 8.25. The maximum Gasteiger partial charge on any atom is 0.200 e. The minimum absolute atomic E-state index is 0.705. The van der Waals surface area contributed by atoms with Crippen LogP contribution in [-0.2, 0) is 0 Å². The summed E-state index contributed by atoms with van der Waals surface area (Å²) in [5.74, 6) is 3.69. The van der Waals surface area contributed by atoms with Gasteiger partial charge in [0, 0.05) is 67.1 Å². The van der Waals surface area contributed by atoms with Gasteiger partial charge in [0.2, 0.25) is 0 Å². The molecule has 3 rings (SSSR count). The van der Waals surface area contributed by atoms with Crippen LogP contribution in [0.5, 0.6) is 0 Å². The summed E-state index contributed by atoms with van der Waals surface area (Å²) in [4.78, 5) is 18.9. The summed E-state index contributed by atoms with van der Waals surface area (Å²) in [6.07, 6.45) is 10.7. The molecule has 0 amide bonds. The molecule has 1 aliphatic carbocycles. The fourth-order valence-electron chi connectivity index (χ4n) is 4.45. The maximum atomic E-state index is 4.98. The van der Waals surface area contributed by atoms with Crippen molar-refractivity contribution in [2.24, 2.45) is 21.8 Å². The molecule has 0 spiro atoms. The second-order valence-corrected chi connectivity index (χ2v) is 8.25. The Bertz CT molecular complexity index is 543. The van der Waals surface area contributed by atoms with Gasteiger partial charge in [-0.2, -0.15) is 0 Å². The van der Waals surface area contributed by atoms with Gasteiger partial charge in [-0.05, 0) is 43.6 Å². The lowest BCUT2D eigenvalue weighted by Crippen LogP contribution is -2.46. The molecule has 6 heteroatoms. The van der Waals surface area contributed by atoms with E-state index in [2.05, 4.69) is 60.1 Å². The smallest absolute Gasteiger partial charge is 0.200 e. The molecule has 26 heavy (non-hydrogen) atoms. The van der Waals surface area contributed by atoms with Gasteiger partial charge in [-0.25, -0.2) is 0 Å². The standard InChI is InChI=1S/C20H36N6/c1-23-10-6-11-24(2)19(23)21-15-17-8-5-9-18(14-17)16-22-20-25(3)12-7-13-26(20)4/h6,10,17-18H,5,7-9,11-16H2,1-4H3. The van der Waals surface area contributed by atoms with Crippen LogP contribution < -0.4 is 0 Å². The fraction of sp³-hybridized carbons (Fsp3) is 0.800. The summed E-state index contributed by atoms with van der Waals surface area (Å²) in [5, 5.41) is 0. The highest BCUT2D eigenvalue weighted by Gasteiger charge is 2.24. The van der Waals surface area contributed by atoms with Gasteiger partial charge < -0.3 is 19.6 Å². The normalized spacial score (nSPS) is 28.9. The van der Waals surface area contributed by atoms with E-state index >= 15 is 0 Å². The van der Waals surface area contributed by atoms with Gasteiger partial charge >= 0.3 is 0 Å². The van der Waals surface area contributed by atoms with E-state index in [1.807, 2.05) is 0 Å². The Labute approximate surface area is 159 Å². The molecule has 1 saturated carbocycles. The molecule has 0 bridgehead atoms. The third kappa shape index (κ3) is 4.71. The molecule has 0 N–H and O–H groups in total. The van der Waals surface area contributed by atoms with Crippen LogP contribution >= 0.6 is 0 Å². The van der Waals surface area contributed by atoms with Gasteiger partial charge in [-0.15, -0.1) is 0 Å². The first kappa shape index (κ1) is 19.1. The molecule has 6 nitrogen and oxygen atoms in total. The van der Waals surface area contributed by atoms with E-state index in [4.69, 9.17) is 9.98 Å². The topological polar surface area (TPSA) is 37.7 Å². The monoisotopic (exact) mass is 360 g/mol. The van der Waals surface area contributed by atoms with Crippen LogP contribution in [0.3, 0.4) is 0 Å². The minimum atomic E-state index is 0.705. The van der Waals surface area contributed by atoms with Crippen molar-refractivity contribution in [1.82, 2.24) is 19.6 Å². The first-order valence-electron chi connectivity index (χ1n) is 10.2. The molecule has 2 heterocycles. The number of rotatable bonds is 4. The Balaban J connectivity index is 1.53. The average Bonchev–Trinajstić information content (AvgIpc) is 2.61. The van der Waals surface area contributed by atoms with Crippen molar-refractivity contribution >= 4 is 11.9 Å². The molecular formula is C20H36N6. The maximum absolute atomic E-state index is 4.98. The highest BCUT2D eigenvalue weighted by molar-refractivity contribution is 5.81. The Morgan fingerprint density at radius 3 is 2.08 bits per heavy atom. The number of nitrogens with zero attached hydrogens (tertiary/aromatic N) is 6. The quantitative estimate of drug-likeness (QED) is 0.770. The van der Waals surface area contributed by atoms with E-state index in [1.54, 1.807) is 0 Å². The molecule has 0 radical (unpaired) electrons. The van der Waals surface area contributed by atoms with Crippen molar-refractivity contribution in [3.05, 3.63) is 12.3 Å². The second kappa shape index (κ2) is 8.78. The first-order valence-corrected chi connectivity index (χ1v) is 10.2. The van der Waals surface area contributed by atoms with Gasteiger partial charge in [0.1, 0.15) is 0 Å². The summed E-state index contributed by atoms with van der Waals surface area (Å²) < 4.78 is 0. The van der Waals surface area contributed by atoms with E-state index < -0.39 is 0 Å². The van der Waals surface area contributed by atoms with Crippen molar-refractivity contribution in [1.29, 1.82) is 0 Å². The Hall–Kier alpha value is -1.72. The van der Waals surface area contributed by atoms with E-state index in [0.29, 0.717) is 11.8 Å². The zero-order valence-corrected chi connectivity index (χ0v) is 17.1. The SMILES string of the molecule is CN1C=CCN(C)C1=NCC1CCCC(CN=C2N(C)CCCN2C)C1. The number of likely N-dealkylation sites (N-methyl/N-ethyl adjacent to an activating group) is 1. The van der Waals surface area contributed by atoms with Crippen molar-refractivity contribution in [2.75, 3.05) is 60.9 Å². The van der Waals surface area contributed by atoms with Crippen LogP contribution in [0.1, 0.15) is 32.1 Å². The zero-order chi connectivity index (χ0) is 18.5. The lowest BCUT2D eigenvalue weighted by atomic mass is 9.81. The van der Waals surface area contributed by atoms with Crippen LogP contribution in [0.15, 0.2) is 22.3 Å². The molecule has 1 saturated heterocycles. The summed E-state index contributed by atoms with van der Waals surface area (Å²) in [7, 11) is 8.54. The summed E-state index contributed by atoms with van der Waals surface area (Å²) in [5.41, 5.74) is 0.